The lowest BCUT2D eigenvalue weighted by Gasteiger charge is -2.11. The van der Waals surface area contributed by atoms with Gasteiger partial charge in [-0.15, -0.1) is 0 Å². The van der Waals surface area contributed by atoms with E-state index in [1.807, 2.05) is 13.0 Å². The highest BCUT2D eigenvalue weighted by Gasteiger charge is 2.05. The first kappa shape index (κ1) is 15.1. The lowest BCUT2D eigenvalue weighted by molar-refractivity contribution is 0.915. The Balaban J connectivity index is 1.64. The van der Waals surface area contributed by atoms with Crippen molar-refractivity contribution < 1.29 is 0 Å². The highest BCUT2D eigenvalue weighted by Crippen LogP contribution is 2.19. The summed E-state index contributed by atoms with van der Waals surface area (Å²) < 4.78 is 1.65. The molecule has 0 bridgehead atoms. The molecule has 0 unspecified atom stereocenters. The number of rotatable bonds is 5. The number of halogens is 1. The van der Waals surface area contributed by atoms with Gasteiger partial charge in [-0.3, -0.25) is 0 Å². The van der Waals surface area contributed by atoms with E-state index in [-0.39, 0.29) is 0 Å². The van der Waals surface area contributed by atoms with Gasteiger partial charge in [0.1, 0.15) is 18.2 Å². The average Bonchev–Trinajstić information content (AvgIpc) is 3.00. The molecule has 7 nitrogen and oxygen atoms in total. The summed E-state index contributed by atoms with van der Waals surface area (Å²) in [6, 6.07) is 9.23. The van der Waals surface area contributed by atoms with E-state index in [0.29, 0.717) is 29.5 Å². The van der Waals surface area contributed by atoms with Crippen LogP contribution in [0, 0.1) is 18.3 Å². The Morgan fingerprint density at radius 3 is 2.91 bits per heavy atom. The zero-order chi connectivity index (χ0) is 16.2. The van der Waals surface area contributed by atoms with Gasteiger partial charge in [0.25, 0.3) is 5.78 Å². The van der Waals surface area contributed by atoms with Crippen molar-refractivity contribution in [2.24, 2.45) is 0 Å². The summed E-state index contributed by atoms with van der Waals surface area (Å²) in [6.07, 6.45) is 1.47. The molecule has 8 heteroatoms. The quantitative estimate of drug-likeness (QED) is 0.700. The fourth-order valence-electron chi connectivity index (χ4n) is 2.21. The van der Waals surface area contributed by atoms with Crippen LogP contribution < -0.4 is 10.6 Å². The monoisotopic (exact) mass is 327 g/mol. The molecule has 0 saturated carbocycles. The van der Waals surface area contributed by atoms with Gasteiger partial charge in [-0.1, -0.05) is 11.6 Å². The highest BCUT2D eigenvalue weighted by molar-refractivity contribution is 6.30. The van der Waals surface area contributed by atoms with Gasteiger partial charge >= 0.3 is 0 Å². The minimum absolute atomic E-state index is 0.524. The molecule has 0 aliphatic rings. The number of aryl methyl sites for hydroxylation is 1. The minimum atomic E-state index is 0.524. The SMILES string of the molecule is Cc1cc(NCCNc2ccc(Cl)cc2C#N)n2ncnc2n1. The van der Waals surface area contributed by atoms with Gasteiger partial charge in [0.05, 0.1) is 11.3 Å². The lowest BCUT2D eigenvalue weighted by Crippen LogP contribution is -2.16. The van der Waals surface area contributed by atoms with Crippen LogP contribution >= 0.6 is 11.6 Å². The first-order valence-corrected chi connectivity index (χ1v) is 7.40. The number of hydrogen-bond donors (Lipinski definition) is 2. The molecule has 0 aliphatic heterocycles. The smallest absolute Gasteiger partial charge is 0.254 e. The van der Waals surface area contributed by atoms with Gasteiger partial charge in [-0.2, -0.15) is 19.9 Å². The summed E-state index contributed by atoms with van der Waals surface area (Å²) in [5.41, 5.74) is 2.15. The number of anilines is 2. The predicted octanol–water partition coefficient (Wildman–Crippen LogP) is 2.48. The average molecular weight is 328 g/mol. The normalized spacial score (nSPS) is 10.5. The summed E-state index contributed by atoms with van der Waals surface area (Å²) in [5, 5.41) is 20.3. The second-order valence-corrected chi connectivity index (χ2v) is 5.35. The second-order valence-electron chi connectivity index (χ2n) is 4.91. The van der Waals surface area contributed by atoms with Crippen molar-refractivity contribution in [3.8, 4) is 6.07 Å². The van der Waals surface area contributed by atoms with Crippen LogP contribution in [0.5, 0.6) is 0 Å². The fraction of sp³-hybridized carbons (Fsp3) is 0.200. The third-order valence-electron chi connectivity index (χ3n) is 3.23. The molecule has 0 atom stereocenters. The Morgan fingerprint density at radius 2 is 2.09 bits per heavy atom. The summed E-state index contributed by atoms with van der Waals surface area (Å²) in [7, 11) is 0. The molecule has 23 heavy (non-hydrogen) atoms. The van der Waals surface area contributed by atoms with Crippen molar-refractivity contribution >= 4 is 28.9 Å². The fourth-order valence-corrected chi connectivity index (χ4v) is 2.38. The zero-order valence-corrected chi connectivity index (χ0v) is 13.2. The summed E-state index contributed by atoms with van der Waals surface area (Å²) in [6.45, 7) is 3.19. The highest BCUT2D eigenvalue weighted by atomic mass is 35.5. The van der Waals surface area contributed by atoms with Crippen LogP contribution in [0.1, 0.15) is 11.3 Å². The van der Waals surface area contributed by atoms with E-state index in [9.17, 15) is 0 Å². The van der Waals surface area contributed by atoms with Gasteiger partial charge in [0.2, 0.25) is 0 Å². The Kier molecular flexibility index (Phi) is 4.26. The lowest BCUT2D eigenvalue weighted by atomic mass is 10.2. The first-order valence-electron chi connectivity index (χ1n) is 7.02. The van der Waals surface area contributed by atoms with Gasteiger partial charge in [0.15, 0.2) is 0 Å². The number of nitriles is 1. The predicted molar refractivity (Wildman–Crippen MR) is 88.7 cm³/mol. The molecule has 2 heterocycles. The topological polar surface area (TPSA) is 90.9 Å². The number of nitrogens with zero attached hydrogens (tertiary/aromatic N) is 5. The summed E-state index contributed by atoms with van der Waals surface area (Å²) in [4.78, 5) is 8.37. The zero-order valence-electron chi connectivity index (χ0n) is 12.4. The van der Waals surface area contributed by atoms with Crippen LogP contribution in [-0.2, 0) is 0 Å². The number of hydrogen-bond acceptors (Lipinski definition) is 6. The molecule has 2 N–H and O–H groups in total. The van der Waals surface area contributed by atoms with Crippen molar-refractivity contribution in [2.75, 3.05) is 23.7 Å². The van der Waals surface area contributed by atoms with E-state index in [1.54, 1.807) is 22.7 Å². The number of fused-ring (bicyclic) bond motifs is 1. The standard InChI is InChI=1S/C15H14ClN7/c1-10-6-14(23-15(22-10)20-9-21-23)19-5-4-18-13-3-2-12(16)7-11(13)8-17/h2-3,6-7,9,18-19H,4-5H2,1H3. The van der Waals surface area contributed by atoms with Crippen LogP contribution in [0.15, 0.2) is 30.6 Å². The molecule has 3 rings (SSSR count). The number of benzene rings is 1. The Morgan fingerprint density at radius 1 is 1.26 bits per heavy atom. The molecule has 0 amide bonds. The maximum absolute atomic E-state index is 9.11. The van der Waals surface area contributed by atoms with Gasteiger partial charge in [0, 0.05) is 29.9 Å². The van der Waals surface area contributed by atoms with Crippen molar-refractivity contribution in [1.29, 1.82) is 5.26 Å². The molecule has 0 saturated heterocycles. The number of aromatic nitrogens is 4. The molecule has 0 aliphatic carbocycles. The van der Waals surface area contributed by atoms with Crippen molar-refractivity contribution in [3.05, 3.63) is 46.9 Å². The van der Waals surface area contributed by atoms with Gasteiger partial charge in [-0.05, 0) is 25.1 Å². The van der Waals surface area contributed by atoms with Crippen LogP contribution in [0.3, 0.4) is 0 Å². The summed E-state index contributed by atoms with van der Waals surface area (Å²) >= 11 is 5.88. The van der Waals surface area contributed by atoms with E-state index < -0.39 is 0 Å². The van der Waals surface area contributed by atoms with Crippen molar-refractivity contribution in [2.45, 2.75) is 6.92 Å². The van der Waals surface area contributed by atoms with E-state index >= 15 is 0 Å². The van der Waals surface area contributed by atoms with Crippen LogP contribution in [0.4, 0.5) is 11.5 Å². The Hall–Kier alpha value is -2.85. The molecule has 0 fully saturated rings. The number of nitrogens with one attached hydrogen (secondary N) is 2. The van der Waals surface area contributed by atoms with E-state index in [4.69, 9.17) is 16.9 Å². The molecule has 2 aromatic heterocycles. The minimum Gasteiger partial charge on any atom is -0.382 e. The van der Waals surface area contributed by atoms with E-state index in [2.05, 4.69) is 31.8 Å². The molecule has 116 valence electrons. The van der Waals surface area contributed by atoms with E-state index in [0.717, 1.165) is 17.2 Å². The third kappa shape index (κ3) is 3.33. The molecule has 1 aromatic carbocycles. The maximum Gasteiger partial charge on any atom is 0.254 e. The van der Waals surface area contributed by atoms with Gasteiger partial charge in [-0.25, -0.2) is 4.98 Å². The molecular weight excluding hydrogens is 314 g/mol. The van der Waals surface area contributed by atoms with Crippen LogP contribution in [-0.4, -0.2) is 32.7 Å². The van der Waals surface area contributed by atoms with E-state index in [1.165, 1.54) is 6.33 Å². The molecule has 3 aromatic rings. The van der Waals surface area contributed by atoms with Crippen LogP contribution in [0.25, 0.3) is 5.78 Å². The van der Waals surface area contributed by atoms with Crippen molar-refractivity contribution in [3.63, 3.8) is 0 Å². The van der Waals surface area contributed by atoms with Crippen molar-refractivity contribution in [1.82, 2.24) is 19.6 Å². The summed E-state index contributed by atoms with van der Waals surface area (Å²) in [5.74, 6) is 1.38. The molecule has 0 radical (unpaired) electrons. The van der Waals surface area contributed by atoms with Gasteiger partial charge < -0.3 is 10.6 Å². The molecule has 0 spiro atoms. The second kappa shape index (κ2) is 6.50. The molecular formula is C15H14ClN7. The maximum atomic E-state index is 9.11. The third-order valence-corrected chi connectivity index (χ3v) is 3.46. The largest absolute Gasteiger partial charge is 0.382 e. The Labute approximate surface area is 137 Å². The van der Waals surface area contributed by atoms with Crippen LogP contribution in [0.2, 0.25) is 5.02 Å². The first-order chi connectivity index (χ1) is 11.2. The Bertz CT molecular complexity index is 881.